The molecule has 2 N–H and O–H groups in total. The molecule has 1 aromatic carbocycles. The summed E-state index contributed by atoms with van der Waals surface area (Å²) in [6, 6.07) is 10.1. The number of benzene rings is 1. The van der Waals surface area contributed by atoms with E-state index in [1.54, 1.807) is 52.4 Å². The zero-order valence-corrected chi connectivity index (χ0v) is 17.7. The highest BCUT2D eigenvalue weighted by Gasteiger charge is 2.31. The fourth-order valence-electron chi connectivity index (χ4n) is 3.91. The molecule has 168 valence electrons. The van der Waals surface area contributed by atoms with E-state index >= 15 is 0 Å². The van der Waals surface area contributed by atoms with Gasteiger partial charge in [-0.25, -0.2) is 0 Å². The van der Waals surface area contributed by atoms with Gasteiger partial charge in [0, 0.05) is 39.4 Å². The van der Waals surface area contributed by atoms with Crippen LogP contribution in [0.3, 0.4) is 0 Å². The van der Waals surface area contributed by atoms with Crippen molar-refractivity contribution in [3.8, 4) is 11.5 Å². The van der Waals surface area contributed by atoms with Gasteiger partial charge in [-0.3, -0.25) is 33.9 Å². The number of amides is 2. The zero-order valence-electron chi connectivity index (χ0n) is 17.7. The third-order valence-electron chi connectivity index (χ3n) is 5.67. The van der Waals surface area contributed by atoms with Crippen LogP contribution in [-0.4, -0.2) is 62.6 Å². The van der Waals surface area contributed by atoms with E-state index in [1.165, 1.54) is 7.05 Å². The first-order valence-corrected chi connectivity index (χ1v) is 10.3. The number of nitrogens with zero attached hydrogens (tertiary/aromatic N) is 4. The van der Waals surface area contributed by atoms with Gasteiger partial charge in [-0.05, 0) is 24.3 Å². The molecule has 4 heterocycles. The maximum Gasteiger partial charge on any atom is 0.310 e. The Morgan fingerprint density at radius 1 is 0.939 bits per heavy atom. The third-order valence-corrected chi connectivity index (χ3v) is 5.67. The number of aryl methyl sites for hydroxylation is 1. The summed E-state index contributed by atoms with van der Waals surface area (Å²) in [6.07, 6.45) is 1.57. The predicted molar refractivity (Wildman–Crippen MR) is 118 cm³/mol. The standard InChI is InChI=1S/C22H20N6O5/c1-26-22(32)18-16(19(29)25-26)24-14-7-4-5-13(17(14)33-18)20(30)27-9-11-28(12-10-27)21(31)15-6-2-3-8-23-15/h2-8,24H,9-12H2,1H3,(H,25,29). The minimum absolute atomic E-state index is 0.00292. The zero-order chi connectivity index (χ0) is 23.1. The van der Waals surface area contributed by atoms with Crippen LogP contribution >= 0.6 is 0 Å². The summed E-state index contributed by atoms with van der Waals surface area (Å²) in [5.41, 5.74) is -0.00987. The van der Waals surface area contributed by atoms with Crippen LogP contribution in [0.15, 0.2) is 52.2 Å². The van der Waals surface area contributed by atoms with Crippen molar-refractivity contribution < 1.29 is 14.3 Å². The van der Waals surface area contributed by atoms with Gasteiger partial charge in [0.05, 0.1) is 11.3 Å². The number of para-hydroxylation sites is 1. The summed E-state index contributed by atoms with van der Waals surface area (Å²) in [7, 11) is 1.41. The average Bonchev–Trinajstić information content (AvgIpc) is 2.86. The lowest BCUT2D eigenvalue weighted by Gasteiger charge is -2.35. The van der Waals surface area contributed by atoms with E-state index in [9.17, 15) is 19.2 Å². The molecule has 0 atom stereocenters. The second-order valence-corrected chi connectivity index (χ2v) is 7.72. The fourth-order valence-corrected chi connectivity index (χ4v) is 3.91. The van der Waals surface area contributed by atoms with Crippen molar-refractivity contribution in [2.24, 2.45) is 7.05 Å². The van der Waals surface area contributed by atoms with Crippen LogP contribution in [0.5, 0.6) is 11.5 Å². The highest BCUT2D eigenvalue weighted by molar-refractivity contribution is 6.00. The first kappa shape index (κ1) is 20.5. The Bertz CT molecular complexity index is 1370. The first-order valence-electron chi connectivity index (χ1n) is 10.3. The lowest BCUT2D eigenvalue weighted by molar-refractivity contribution is 0.0531. The summed E-state index contributed by atoms with van der Waals surface area (Å²) >= 11 is 0. The molecule has 0 spiro atoms. The number of piperazine rings is 1. The van der Waals surface area contributed by atoms with Gasteiger partial charge in [-0.1, -0.05) is 12.1 Å². The molecule has 2 aliphatic heterocycles. The molecular formula is C22H20N6O5. The smallest absolute Gasteiger partial charge is 0.310 e. The van der Waals surface area contributed by atoms with Crippen molar-refractivity contribution >= 4 is 23.2 Å². The van der Waals surface area contributed by atoms with Gasteiger partial charge in [0.15, 0.2) is 11.4 Å². The minimum atomic E-state index is -0.536. The number of rotatable bonds is 2. The Labute approximate surface area is 187 Å². The largest absolute Gasteiger partial charge is 0.446 e. The summed E-state index contributed by atoms with van der Waals surface area (Å²) in [4.78, 5) is 58.0. The van der Waals surface area contributed by atoms with Gasteiger partial charge in [0.2, 0.25) is 5.75 Å². The number of H-pyrrole nitrogens is 1. The van der Waals surface area contributed by atoms with E-state index in [1.807, 2.05) is 0 Å². The molecule has 1 fully saturated rings. The summed E-state index contributed by atoms with van der Waals surface area (Å²) in [5, 5.41) is 5.31. The second-order valence-electron chi connectivity index (χ2n) is 7.72. The van der Waals surface area contributed by atoms with Gasteiger partial charge < -0.3 is 19.9 Å². The lowest BCUT2D eigenvalue weighted by Crippen LogP contribution is -2.50. The van der Waals surface area contributed by atoms with Crippen molar-refractivity contribution in [3.63, 3.8) is 0 Å². The Morgan fingerprint density at radius 3 is 2.36 bits per heavy atom. The van der Waals surface area contributed by atoms with Crippen molar-refractivity contribution in [2.75, 3.05) is 31.5 Å². The fraction of sp³-hybridized carbons (Fsp3) is 0.227. The summed E-state index contributed by atoms with van der Waals surface area (Å²) in [5.74, 6) is -0.446. The molecule has 5 rings (SSSR count). The van der Waals surface area contributed by atoms with Crippen LogP contribution in [-0.2, 0) is 7.05 Å². The Balaban J connectivity index is 1.36. The van der Waals surface area contributed by atoms with Gasteiger partial charge in [0.1, 0.15) is 5.69 Å². The molecule has 0 radical (unpaired) electrons. The van der Waals surface area contributed by atoms with E-state index in [2.05, 4.69) is 15.4 Å². The lowest BCUT2D eigenvalue weighted by atomic mass is 10.1. The van der Waals surface area contributed by atoms with Crippen LogP contribution in [0.4, 0.5) is 11.4 Å². The molecule has 2 aliphatic rings. The van der Waals surface area contributed by atoms with E-state index in [0.717, 1.165) is 4.68 Å². The molecule has 3 aromatic rings. The number of fused-ring (bicyclic) bond motifs is 2. The van der Waals surface area contributed by atoms with Crippen LogP contribution in [0.25, 0.3) is 0 Å². The number of hydrogen-bond acceptors (Lipinski definition) is 7. The number of hydrogen-bond donors (Lipinski definition) is 2. The maximum atomic E-state index is 13.3. The Hall–Kier alpha value is -4.41. The third kappa shape index (κ3) is 3.53. The SMILES string of the molecule is Cn1[nH]c(=O)c2c(c1=O)Oc1c(cccc1C(=O)N1CCN(C(=O)c3ccccn3)CC1)N2. The minimum Gasteiger partial charge on any atom is -0.446 e. The quantitative estimate of drug-likeness (QED) is 0.466. The van der Waals surface area contributed by atoms with Crippen LogP contribution < -0.4 is 21.2 Å². The van der Waals surface area contributed by atoms with E-state index in [-0.39, 0.29) is 34.6 Å². The number of carbonyl (C=O) groups is 2. The van der Waals surface area contributed by atoms with E-state index in [0.29, 0.717) is 37.6 Å². The number of carbonyl (C=O) groups excluding carboxylic acids is 2. The number of anilines is 2. The molecule has 11 nitrogen and oxygen atoms in total. The molecular weight excluding hydrogens is 428 g/mol. The highest BCUT2D eigenvalue weighted by atomic mass is 16.5. The predicted octanol–water partition coefficient (Wildman–Crippen LogP) is 0.916. The summed E-state index contributed by atoms with van der Waals surface area (Å²) < 4.78 is 6.82. The number of ether oxygens (including phenoxy) is 1. The number of pyridine rings is 1. The Kier molecular flexibility index (Phi) is 4.93. The highest BCUT2D eigenvalue weighted by Crippen LogP contribution is 2.40. The first-order chi connectivity index (χ1) is 15.9. The van der Waals surface area contributed by atoms with Crippen LogP contribution in [0.2, 0.25) is 0 Å². The average molecular weight is 448 g/mol. The maximum absolute atomic E-state index is 13.3. The van der Waals surface area contributed by atoms with Crippen molar-refractivity contribution in [2.45, 2.75) is 0 Å². The molecule has 0 aliphatic carbocycles. The van der Waals surface area contributed by atoms with Gasteiger partial charge in [0.25, 0.3) is 17.4 Å². The molecule has 33 heavy (non-hydrogen) atoms. The second kappa shape index (κ2) is 7.93. The van der Waals surface area contributed by atoms with Gasteiger partial charge in [-0.2, -0.15) is 0 Å². The van der Waals surface area contributed by atoms with Gasteiger partial charge in [-0.15, -0.1) is 0 Å². The Morgan fingerprint density at radius 2 is 1.67 bits per heavy atom. The van der Waals surface area contributed by atoms with Crippen molar-refractivity contribution in [3.05, 3.63) is 74.6 Å². The van der Waals surface area contributed by atoms with Crippen LogP contribution in [0, 0.1) is 0 Å². The normalized spacial score (nSPS) is 14.6. The number of aromatic amines is 1. The van der Waals surface area contributed by atoms with E-state index < -0.39 is 11.1 Å². The molecule has 2 aromatic heterocycles. The molecule has 2 amide bonds. The van der Waals surface area contributed by atoms with Gasteiger partial charge >= 0.3 is 5.56 Å². The monoisotopic (exact) mass is 448 g/mol. The molecule has 11 heteroatoms. The van der Waals surface area contributed by atoms with Crippen molar-refractivity contribution in [1.29, 1.82) is 0 Å². The number of aromatic nitrogens is 3. The molecule has 0 saturated carbocycles. The van der Waals surface area contributed by atoms with Crippen LogP contribution in [0.1, 0.15) is 20.8 Å². The number of nitrogens with one attached hydrogen (secondary N) is 2. The van der Waals surface area contributed by atoms with E-state index in [4.69, 9.17) is 4.74 Å². The molecule has 1 saturated heterocycles. The molecule has 0 unspecified atom stereocenters. The topological polar surface area (TPSA) is 130 Å². The molecule has 0 bridgehead atoms. The summed E-state index contributed by atoms with van der Waals surface area (Å²) in [6.45, 7) is 1.42. The van der Waals surface area contributed by atoms with Crippen molar-refractivity contribution in [1.82, 2.24) is 24.6 Å².